The zero-order valence-electron chi connectivity index (χ0n) is 11.1. The molecule has 2 N–H and O–H groups in total. The van der Waals surface area contributed by atoms with Crippen molar-refractivity contribution in [3.05, 3.63) is 34.3 Å². The molecule has 1 aliphatic heterocycles. The number of benzene rings is 1. The van der Waals surface area contributed by atoms with Gasteiger partial charge in [-0.15, -0.1) is 0 Å². The summed E-state index contributed by atoms with van der Waals surface area (Å²) in [5, 5.41) is 0. The molecule has 1 aromatic rings. The van der Waals surface area contributed by atoms with Gasteiger partial charge in [-0.3, -0.25) is 4.79 Å². The van der Waals surface area contributed by atoms with Crippen LogP contribution in [0.1, 0.15) is 24.8 Å². The molecule has 0 spiro atoms. The summed E-state index contributed by atoms with van der Waals surface area (Å²) >= 11 is 3.41. The van der Waals surface area contributed by atoms with Crippen LogP contribution in [0.2, 0.25) is 0 Å². The number of hydrogen-bond donors (Lipinski definition) is 1. The Labute approximate surface area is 123 Å². The lowest BCUT2D eigenvalue weighted by Crippen LogP contribution is -2.41. The summed E-state index contributed by atoms with van der Waals surface area (Å²) in [5.41, 5.74) is 6.69. The Kier molecular flexibility index (Phi) is 5.40. The minimum Gasteiger partial charge on any atom is -0.342 e. The Morgan fingerprint density at radius 2 is 2.11 bits per heavy atom. The molecule has 0 saturated carbocycles. The molecule has 1 heterocycles. The number of likely N-dealkylation sites (tertiary alicyclic amines) is 1. The average Bonchev–Trinajstić information content (AvgIpc) is 2.42. The molecular weight excluding hydrogens is 304 g/mol. The number of carbonyl (C=O) groups is 1. The van der Waals surface area contributed by atoms with E-state index in [4.69, 9.17) is 5.73 Å². The van der Waals surface area contributed by atoms with Gasteiger partial charge in [-0.2, -0.15) is 0 Å². The maximum atomic E-state index is 12.3. The molecule has 4 heteroatoms. The topological polar surface area (TPSA) is 46.3 Å². The average molecular weight is 325 g/mol. The van der Waals surface area contributed by atoms with E-state index < -0.39 is 0 Å². The zero-order chi connectivity index (χ0) is 13.7. The lowest BCUT2D eigenvalue weighted by molar-refractivity contribution is -0.132. The molecule has 104 valence electrons. The summed E-state index contributed by atoms with van der Waals surface area (Å²) in [4.78, 5) is 14.3. The zero-order valence-corrected chi connectivity index (χ0v) is 12.7. The second-order valence-corrected chi connectivity index (χ2v) is 6.14. The summed E-state index contributed by atoms with van der Waals surface area (Å²) in [6, 6.07) is 7.97. The van der Waals surface area contributed by atoms with E-state index in [2.05, 4.69) is 15.9 Å². The highest BCUT2D eigenvalue weighted by Gasteiger charge is 2.22. The van der Waals surface area contributed by atoms with Gasteiger partial charge < -0.3 is 10.6 Å². The van der Waals surface area contributed by atoms with Crippen LogP contribution in [0.15, 0.2) is 28.7 Å². The molecule has 0 bridgehead atoms. The fraction of sp³-hybridized carbons (Fsp3) is 0.533. The minimum atomic E-state index is 0.240. The standard InChI is InChI=1S/C15H21BrN2O/c16-14-5-3-12(4-6-14)10-15(19)18-9-1-2-13(11-18)7-8-17/h3-6,13H,1-2,7-11,17H2. The lowest BCUT2D eigenvalue weighted by atomic mass is 9.94. The van der Waals surface area contributed by atoms with Gasteiger partial charge in [0, 0.05) is 17.6 Å². The van der Waals surface area contributed by atoms with Crippen LogP contribution in [0.25, 0.3) is 0 Å². The molecule has 1 atom stereocenters. The summed E-state index contributed by atoms with van der Waals surface area (Å²) in [7, 11) is 0. The van der Waals surface area contributed by atoms with E-state index in [1.807, 2.05) is 29.2 Å². The first-order valence-corrected chi connectivity index (χ1v) is 7.70. The van der Waals surface area contributed by atoms with E-state index in [0.717, 1.165) is 42.5 Å². The normalized spacial score (nSPS) is 19.5. The first-order valence-electron chi connectivity index (χ1n) is 6.91. The Balaban J connectivity index is 1.90. The molecule has 3 nitrogen and oxygen atoms in total. The van der Waals surface area contributed by atoms with Gasteiger partial charge in [0.05, 0.1) is 6.42 Å². The van der Waals surface area contributed by atoms with E-state index in [-0.39, 0.29) is 5.91 Å². The van der Waals surface area contributed by atoms with Crippen molar-refractivity contribution in [2.45, 2.75) is 25.7 Å². The number of nitrogens with zero attached hydrogens (tertiary/aromatic N) is 1. The van der Waals surface area contributed by atoms with E-state index >= 15 is 0 Å². The molecule has 1 aliphatic rings. The summed E-state index contributed by atoms with van der Waals surface area (Å²) in [6.45, 7) is 2.50. The summed E-state index contributed by atoms with van der Waals surface area (Å²) < 4.78 is 1.05. The number of piperidine rings is 1. The highest BCUT2D eigenvalue weighted by atomic mass is 79.9. The lowest BCUT2D eigenvalue weighted by Gasteiger charge is -2.32. The van der Waals surface area contributed by atoms with E-state index in [0.29, 0.717) is 12.3 Å². The van der Waals surface area contributed by atoms with Crippen molar-refractivity contribution in [3.63, 3.8) is 0 Å². The third-order valence-corrected chi connectivity index (χ3v) is 4.24. The molecule has 19 heavy (non-hydrogen) atoms. The second-order valence-electron chi connectivity index (χ2n) is 5.23. The van der Waals surface area contributed by atoms with Crippen molar-refractivity contribution in [2.24, 2.45) is 11.7 Å². The first-order chi connectivity index (χ1) is 9.19. The van der Waals surface area contributed by atoms with Crippen molar-refractivity contribution in [1.29, 1.82) is 0 Å². The predicted octanol–water partition coefficient (Wildman–Crippen LogP) is 2.58. The number of amides is 1. The Morgan fingerprint density at radius 3 is 2.79 bits per heavy atom. The van der Waals surface area contributed by atoms with Gasteiger partial charge in [0.15, 0.2) is 0 Å². The van der Waals surface area contributed by atoms with E-state index in [1.165, 1.54) is 6.42 Å². The maximum Gasteiger partial charge on any atom is 0.226 e. The quantitative estimate of drug-likeness (QED) is 0.925. The Morgan fingerprint density at radius 1 is 1.37 bits per heavy atom. The molecule has 1 aromatic carbocycles. The number of halogens is 1. The van der Waals surface area contributed by atoms with Gasteiger partial charge in [0.1, 0.15) is 0 Å². The fourth-order valence-corrected chi connectivity index (χ4v) is 2.92. The van der Waals surface area contributed by atoms with E-state index in [1.54, 1.807) is 0 Å². The van der Waals surface area contributed by atoms with Gasteiger partial charge >= 0.3 is 0 Å². The minimum absolute atomic E-state index is 0.240. The van der Waals surface area contributed by atoms with Gasteiger partial charge in [0.25, 0.3) is 0 Å². The SMILES string of the molecule is NCCC1CCCN(C(=O)Cc2ccc(Br)cc2)C1. The third kappa shape index (κ3) is 4.32. The summed E-state index contributed by atoms with van der Waals surface area (Å²) in [6.07, 6.45) is 3.85. The van der Waals surface area contributed by atoms with Gasteiger partial charge in [-0.1, -0.05) is 28.1 Å². The van der Waals surface area contributed by atoms with Gasteiger partial charge in [-0.25, -0.2) is 0 Å². The third-order valence-electron chi connectivity index (χ3n) is 3.72. The van der Waals surface area contributed by atoms with Crippen LogP contribution < -0.4 is 5.73 Å². The van der Waals surface area contributed by atoms with Crippen LogP contribution in [0.3, 0.4) is 0 Å². The smallest absolute Gasteiger partial charge is 0.226 e. The molecular formula is C15H21BrN2O. The maximum absolute atomic E-state index is 12.3. The van der Waals surface area contributed by atoms with Crippen molar-refractivity contribution in [3.8, 4) is 0 Å². The van der Waals surface area contributed by atoms with E-state index in [9.17, 15) is 4.79 Å². The molecule has 0 radical (unpaired) electrons. The van der Waals surface area contributed by atoms with Crippen molar-refractivity contribution in [1.82, 2.24) is 4.90 Å². The monoisotopic (exact) mass is 324 g/mol. The van der Waals surface area contributed by atoms with Crippen LogP contribution in [0.4, 0.5) is 0 Å². The summed E-state index contributed by atoms with van der Waals surface area (Å²) in [5.74, 6) is 0.830. The van der Waals surface area contributed by atoms with Crippen molar-refractivity contribution in [2.75, 3.05) is 19.6 Å². The molecule has 1 fully saturated rings. The van der Waals surface area contributed by atoms with Crippen LogP contribution >= 0.6 is 15.9 Å². The highest BCUT2D eigenvalue weighted by molar-refractivity contribution is 9.10. The first kappa shape index (κ1) is 14.5. The molecule has 2 rings (SSSR count). The van der Waals surface area contributed by atoms with Crippen LogP contribution in [-0.2, 0) is 11.2 Å². The van der Waals surface area contributed by atoms with Gasteiger partial charge in [0.2, 0.25) is 5.91 Å². The molecule has 1 amide bonds. The second kappa shape index (κ2) is 7.06. The highest BCUT2D eigenvalue weighted by Crippen LogP contribution is 2.20. The number of nitrogens with two attached hydrogens (primary N) is 1. The molecule has 1 saturated heterocycles. The number of rotatable bonds is 4. The Bertz CT molecular complexity index is 417. The number of hydrogen-bond acceptors (Lipinski definition) is 2. The molecule has 1 unspecified atom stereocenters. The largest absolute Gasteiger partial charge is 0.342 e. The molecule has 0 aromatic heterocycles. The van der Waals surface area contributed by atoms with Crippen molar-refractivity contribution < 1.29 is 4.79 Å². The molecule has 0 aliphatic carbocycles. The van der Waals surface area contributed by atoms with Crippen LogP contribution in [0, 0.1) is 5.92 Å². The van der Waals surface area contributed by atoms with Crippen LogP contribution in [-0.4, -0.2) is 30.4 Å². The predicted molar refractivity (Wildman–Crippen MR) is 80.8 cm³/mol. The van der Waals surface area contributed by atoms with Gasteiger partial charge in [-0.05, 0) is 49.4 Å². The fourth-order valence-electron chi connectivity index (χ4n) is 2.65. The Hall–Kier alpha value is -0.870. The van der Waals surface area contributed by atoms with Crippen LogP contribution in [0.5, 0.6) is 0 Å². The number of carbonyl (C=O) groups excluding carboxylic acids is 1. The van der Waals surface area contributed by atoms with Crippen molar-refractivity contribution >= 4 is 21.8 Å².